The van der Waals surface area contributed by atoms with Gasteiger partial charge in [0.05, 0.1) is 16.9 Å². The summed E-state index contributed by atoms with van der Waals surface area (Å²) in [7, 11) is 0. The molecule has 0 amide bonds. The maximum Gasteiger partial charge on any atom is 0.145 e. The summed E-state index contributed by atoms with van der Waals surface area (Å²) >= 11 is 5.99. The molecule has 0 aromatic carbocycles. The summed E-state index contributed by atoms with van der Waals surface area (Å²) in [6, 6.07) is 2.17. The highest BCUT2D eigenvalue weighted by molar-refractivity contribution is 6.33. The molecule has 1 aliphatic rings. The number of nitrogens with zero attached hydrogens (tertiary/aromatic N) is 1. The van der Waals surface area contributed by atoms with Crippen LogP contribution in [-0.2, 0) is 0 Å². The van der Waals surface area contributed by atoms with E-state index in [1.807, 2.05) is 0 Å². The lowest BCUT2D eigenvalue weighted by molar-refractivity contribution is 0.691. The van der Waals surface area contributed by atoms with Gasteiger partial charge < -0.3 is 11.1 Å². The molecule has 1 aromatic heterocycles. The van der Waals surface area contributed by atoms with Gasteiger partial charge in [-0.05, 0) is 31.7 Å². The molecule has 1 unspecified atom stereocenters. The summed E-state index contributed by atoms with van der Waals surface area (Å²) < 4.78 is 0. The summed E-state index contributed by atoms with van der Waals surface area (Å²) in [5.74, 6) is 1.52. The van der Waals surface area contributed by atoms with E-state index in [9.17, 15) is 0 Å². The van der Waals surface area contributed by atoms with Crippen molar-refractivity contribution < 1.29 is 0 Å². The zero-order chi connectivity index (χ0) is 10.1. The molecule has 1 aromatic rings. The molecule has 3 N–H and O–H groups in total. The maximum atomic E-state index is 5.99. The van der Waals surface area contributed by atoms with Gasteiger partial charge >= 0.3 is 0 Å². The molecule has 76 valence electrons. The molecule has 2 rings (SSSR count). The Labute approximate surface area is 88.7 Å². The number of rotatable bonds is 3. The third-order valence-corrected chi connectivity index (χ3v) is 2.84. The van der Waals surface area contributed by atoms with Crippen molar-refractivity contribution in [2.45, 2.75) is 25.8 Å². The molecule has 0 saturated heterocycles. The molecular weight excluding hydrogens is 198 g/mol. The molecule has 0 radical (unpaired) electrons. The summed E-state index contributed by atoms with van der Waals surface area (Å²) in [4.78, 5) is 4.16. The Hall–Kier alpha value is -0.960. The van der Waals surface area contributed by atoms with Crippen molar-refractivity contribution in [2.24, 2.45) is 5.92 Å². The first-order chi connectivity index (χ1) is 6.66. The third kappa shape index (κ3) is 2.10. The second kappa shape index (κ2) is 3.65. The van der Waals surface area contributed by atoms with E-state index in [0.29, 0.717) is 16.8 Å². The van der Waals surface area contributed by atoms with E-state index in [2.05, 4.69) is 17.2 Å². The minimum absolute atomic E-state index is 0.448. The smallest absolute Gasteiger partial charge is 0.145 e. The predicted octanol–water partition coefficient (Wildman–Crippen LogP) is 2.53. The standard InChI is InChI=1S/C10H14ClN3/c1-6(7-2-3-7)14-10-9(11)4-8(12)5-13-10/h4-7H,2-3,12H2,1H3,(H,13,14). The number of aromatic nitrogens is 1. The predicted molar refractivity (Wildman–Crippen MR) is 59.5 cm³/mol. The Morgan fingerprint density at radius 1 is 1.64 bits per heavy atom. The number of hydrogen-bond donors (Lipinski definition) is 2. The van der Waals surface area contributed by atoms with Gasteiger partial charge in [0, 0.05) is 6.04 Å². The number of pyridine rings is 1. The molecular formula is C10H14ClN3. The SMILES string of the molecule is CC(Nc1ncc(N)cc1Cl)C1CC1. The largest absolute Gasteiger partial charge is 0.397 e. The fourth-order valence-electron chi connectivity index (χ4n) is 1.49. The Bertz CT molecular complexity index is 336. The van der Waals surface area contributed by atoms with Gasteiger partial charge in [-0.3, -0.25) is 0 Å². The van der Waals surface area contributed by atoms with Crippen molar-refractivity contribution in [1.29, 1.82) is 0 Å². The molecule has 1 aliphatic carbocycles. The van der Waals surface area contributed by atoms with Crippen molar-refractivity contribution in [1.82, 2.24) is 4.98 Å². The average molecular weight is 212 g/mol. The van der Waals surface area contributed by atoms with Gasteiger partial charge in [-0.2, -0.15) is 0 Å². The van der Waals surface area contributed by atoms with E-state index in [1.165, 1.54) is 12.8 Å². The first kappa shape index (κ1) is 9.59. The molecule has 0 bridgehead atoms. The average Bonchev–Trinajstić information content (AvgIpc) is 2.92. The third-order valence-electron chi connectivity index (χ3n) is 2.56. The Kier molecular flexibility index (Phi) is 2.50. The molecule has 1 heterocycles. The lowest BCUT2D eigenvalue weighted by Gasteiger charge is -2.14. The van der Waals surface area contributed by atoms with Gasteiger partial charge in [0.1, 0.15) is 5.82 Å². The van der Waals surface area contributed by atoms with Gasteiger partial charge in [-0.15, -0.1) is 0 Å². The van der Waals surface area contributed by atoms with Gasteiger partial charge in [0.15, 0.2) is 0 Å². The van der Waals surface area contributed by atoms with Gasteiger partial charge in [0.25, 0.3) is 0 Å². The lowest BCUT2D eigenvalue weighted by atomic mass is 10.2. The van der Waals surface area contributed by atoms with E-state index < -0.39 is 0 Å². The van der Waals surface area contributed by atoms with Crippen LogP contribution < -0.4 is 11.1 Å². The topological polar surface area (TPSA) is 50.9 Å². The van der Waals surface area contributed by atoms with Gasteiger partial charge in [-0.25, -0.2) is 4.98 Å². The Morgan fingerprint density at radius 2 is 2.36 bits per heavy atom. The first-order valence-corrected chi connectivity index (χ1v) is 5.22. The number of nitrogens with two attached hydrogens (primary N) is 1. The number of anilines is 2. The van der Waals surface area contributed by atoms with Crippen LogP contribution in [0.2, 0.25) is 5.02 Å². The van der Waals surface area contributed by atoms with E-state index in [0.717, 1.165) is 11.7 Å². The summed E-state index contributed by atoms with van der Waals surface area (Å²) in [5.41, 5.74) is 6.15. The van der Waals surface area contributed by atoms with Crippen LogP contribution in [-0.4, -0.2) is 11.0 Å². The molecule has 1 fully saturated rings. The van der Waals surface area contributed by atoms with E-state index in [4.69, 9.17) is 17.3 Å². The molecule has 0 aliphatic heterocycles. The molecule has 14 heavy (non-hydrogen) atoms. The quantitative estimate of drug-likeness (QED) is 0.808. The van der Waals surface area contributed by atoms with Crippen LogP contribution in [0.25, 0.3) is 0 Å². The van der Waals surface area contributed by atoms with E-state index >= 15 is 0 Å². The second-order valence-electron chi connectivity index (χ2n) is 3.87. The normalized spacial score (nSPS) is 17.9. The highest BCUT2D eigenvalue weighted by Gasteiger charge is 2.28. The Balaban J connectivity index is 2.07. The van der Waals surface area contributed by atoms with Crippen molar-refractivity contribution >= 4 is 23.1 Å². The van der Waals surface area contributed by atoms with Crippen LogP contribution in [0.5, 0.6) is 0 Å². The van der Waals surface area contributed by atoms with Crippen LogP contribution in [0, 0.1) is 5.92 Å². The van der Waals surface area contributed by atoms with Crippen molar-refractivity contribution in [3.8, 4) is 0 Å². The van der Waals surface area contributed by atoms with Crippen LogP contribution >= 0.6 is 11.6 Å². The van der Waals surface area contributed by atoms with Crippen molar-refractivity contribution in [2.75, 3.05) is 11.1 Å². The van der Waals surface area contributed by atoms with Crippen LogP contribution in [0.4, 0.5) is 11.5 Å². The monoisotopic (exact) mass is 211 g/mol. The highest BCUT2D eigenvalue weighted by atomic mass is 35.5. The fourth-order valence-corrected chi connectivity index (χ4v) is 1.72. The summed E-state index contributed by atoms with van der Waals surface area (Å²) in [6.07, 6.45) is 4.23. The molecule has 0 spiro atoms. The molecule has 1 saturated carbocycles. The van der Waals surface area contributed by atoms with Crippen molar-refractivity contribution in [3.63, 3.8) is 0 Å². The second-order valence-corrected chi connectivity index (χ2v) is 4.28. The summed E-state index contributed by atoms with van der Waals surface area (Å²) in [6.45, 7) is 2.16. The number of nitrogen functional groups attached to an aromatic ring is 1. The van der Waals surface area contributed by atoms with Crippen molar-refractivity contribution in [3.05, 3.63) is 17.3 Å². The van der Waals surface area contributed by atoms with Crippen LogP contribution in [0.15, 0.2) is 12.3 Å². The van der Waals surface area contributed by atoms with Gasteiger partial charge in [-0.1, -0.05) is 11.6 Å². The summed E-state index contributed by atoms with van der Waals surface area (Å²) in [5, 5.41) is 3.90. The molecule has 3 nitrogen and oxygen atoms in total. The van der Waals surface area contributed by atoms with Crippen LogP contribution in [0.1, 0.15) is 19.8 Å². The number of hydrogen-bond acceptors (Lipinski definition) is 3. The zero-order valence-corrected chi connectivity index (χ0v) is 8.88. The maximum absolute atomic E-state index is 5.99. The fraction of sp³-hybridized carbons (Fsp3) is 0.500. The molecule has 1 atom stereocenters. The van der Waals surface area contributed by atoms with Gasteiger partial charge in [0.2, 0.25) is 0 Å². The van der Waals surface area contributed by atoms with Crippen LogP contribution in [0.3, 0.4) is 0 Å². The first-order valence-electron chi connectivity index (χ1n) is 4.84. The Morgan fingerprint density at radius 3 is 2.93 bits per heavy atom. The zero-order valence-electron chi connectivity index (χ0n) is 8.13. The lowest BCUT2D eigenvalue weighted by Crippen LogP contribution is -2.18. The van der Waals surface area contributed by atoms with E-state index in [-0.39, 0.29) is 0 Å². The minimum atomic E-state index is 0.448. The number of nitrogens with one attached hydrogen (secondary N) is 1. The minimum Gasteiger partial charge on any atom is -0.397 e. The highest BCUT2D eigenvalue weighted by Crippen LogP contribution is 2.34. The molecule has 4 heteroatoms. The van der Waals surface area contributed by atoms with E-state index in [1.54, 1.807) is 12.3 Å². The number of halogens is 1.